The zero-order valence-corrected chi connectivity index (χ0v) is 12.4. The maximum absolute atomic E-state index is 12.6. The molecule has 112 valence electrons. The van der Waals surface area contributed by atoms with Gasteiger partial charge in [0.05, 0.1) is 29.9 Å². The lowest BCUT2D eigenvalue weighted by molar-refractivity contribution is -0.125. The highest BCUT2D eigenvalue weighted by Gasteiger charge is 2.38. The molecule has 1 saturated heterocycles. The van der Waals surface area contributed by atoms with E-state index >= 15 is 0 Å². The van der Waals surface area contributed by atoms with E-state index < -0.39 is 22.0 Å². The Kier molecular flexibility index (Phi) is 4.49. The third-order valence-corrected chi connectivity index (χ3v) is 5.45. The lowest BCUT2D eigenvalue weighted by Crippen LogP contribution is -2.54. The van der Waals surface area contributed by atoms with Gasteiger partial charge in [0, 0.05) is 6.54 Å². The molecule has 1 fully saturated rings. The largest absolute Gasteiger partial charge is 0.378 e. The minimum Gasteiger partial charge on any atom is -0.378 e. The van der Waals surface area contributed by atoms with Crippen LogP contribution in [-0.2, 0) is 19.6 Å². The van der Waals surface area contributed by atoms with Gasteiger partial charge in [-0.25, -0.2) is 8.42 Å². The molecular weight excluding hydrogens is 318 g/mol. The maximum Gasteiger partial charge on any atom is 0.245 e. The number of primary amides is 1. The van der Waals surface area contributed by atoms with Crippen LogP contribution in [0.1, 0.15) is 5.56 Å². The van der Waals surface area contributed by atoms with E-state index in [4.69, 9.17) is 27.3 Å². The summed E-state index contributed by atoms with van der Waals surface area (Å²) < 4.78 is 31.3. The summed E-state index contributed by atoms with van der Waals surface area (Å²) in [5, 5.41) is 8.69. The van der Waals surface area contributed by atoms with Crippen LogP contribution in [-0.4, -0.2) is 44.4 Å². The lowest BCUT2D eigenvalue weighted by Gasteiger charge is -2.32. The van der Waals surface area contributed by atoms with E-state index in [-0.39, 0.29) is 35.2 Å². The van der Waals surface area contributed by atoms with Gasteiger partial charge in [0.2, 0.25) is 15.9 Å². The van der Waals surface area contributed by atoms with Gasteiger partial charge < -0.3 is 10.5 Å². The third-order valence-electron chi connectivity index (χ3n) is 3.06. The summed E-state index contributed by atoms with van der Waals surface area (Å²) >= 11 is 5.93. The molecule has 0 spiro atoms. The first-order valence-corrected chi connectivity index (χ1v) is 7.78. The van der Waals surface area contributed by atoms with Crippen molar-refractivity contribution in [1.82, 2.24) is 4.31 Å². The topological polar surface area (TPSA) is 113 Å². The van der Waals surface area contributed by atoms with Crippen LogP contribution in [0.4, 0.5) is 0 Å². The summed E-state index contributed by atoms with van der Waals surface area (Å²) in [5.74, 6) is -0.789. The Hall–Kier alpha value is -1.66. The fourth-order valence-electron chi connectivity index (χ4n) is 2.01. The molecular formula is C12H12ClN3O4S. The molecule has 1 unspecified atom stereocenters. The van der Waals surface area contributed by atoms with Crippen LogP contribution in [0.2, 0.25) is 5.02 Å². The molecule has 0 aliphatic carbocycles. The van der Waals surface area contributed by atoms with E-state index in [0.29, 0.717) is 0 Å². The number of benzene rings is 1. The lowest BCUT2D eigenvalue weighted by atomic mass is 10.2. The maximum atomic E-state index is 12.6. The number of halogens is 1. The average Bonchev–Trinajstić information content (AvgIpc) is 2.46. The zero-order chi connectivity index (χ0) is 15.6. The Balaban J connectivity index is 2.46. The van der Waals surface area contributed by atoms with Crippen molar-refractivity contribution in [3.63, 3.8) is 0 Å². The molecule has 2 N–H and O–H groups in total. The average molecular weight is 330 g/mol. The van der Waals surface area contributed by atoms with Crippen LogP contribution in [0, 0.1) is 11.3 Å². The first kappa shape index (κ1) is 15.7. The van der Waals surface area contributed by atoms with E-state index in [1.54, 1.807) is 0 Å². The molecule has 1 atom stereocenters. The summed E-state index contributed by atoms with van der Waals surface area (Å²) in [6.45, 7) is 0.0750. The summed E-state index contributed by atoms with van der Waals surface area (Å²) in [5.41, 5.74) is 5.46. The molecule has 0 radical (unpaired) electrons. The number of ether oxygens (including phenoxy) is 1. The Bertz CT molecular complexity index is 714. The van der Waals surface area contributed by atoms with Gasteiger partial charge in [-0.05, 0) is 18.2 Å². The standard InChI is InChI=1S/C12H12ClN3O4S/c13-9-5-8(6-14)1-2-11(9)21(18,19)16-3-4-20-7-10(16)12(15)17/h1-2,5,10H,3-4,7H2,(H2,15,17). The van der Waals surface area contributed by atoms with Crippen molar-refractivity contribution in [2.45, 2.75) is 10.9 Å². The van der Waals surface area contributed by atoms with Crippen molar-refractivity contribution in [3.05, 3.63) is 28.8 Å². The highest BCUT2D eigenvalue weighted by atomic mass is 35.5. The molecule has 9 heteroatoms. The number of nitrogens with two attached hydrogens (primary N) is 1. The molecule has 0 bridgehead atoms. The van der Waals surface area contributed by atoms with Gasteiger partial charge in [-0.1, -0.05) is 11.6 Å². The highest BCUT2D eigenvalue weighted by Crippen LogP contribution is 2.27. The number of rotatable bonds is 3. The normalized spacial score (nSPS) is 19.9. The Morgan fingerprint density at radius 1 is 1.52 bits per heavy atom. The number of nitrogens with zero attached hydrogens (tertiary/aromatic N) is 2. The minimum atomic E-state index is -4.00. The summed E-state index contributed by atoms with van der Waals surface area (Å²) in [4.78, 5) is 11.2. The second-order valence-corrected chi connectivity index (χ2v) is 6.63. The smallest absolute Gasteiger partial charge is 0.245 e. The quantitative estimate of drug-likeness (QED) is 0.844. The van der Waals surface area contributed by atoms with Gasteiger partial charge in [0.15, 0.2) is 0 Å². The van der Waals surface area contributed by atoms with Gasteiger partial charge >= 0.3 is 0 Å². The summed E-state index contributed by atoms with van der Waals surface area (Å²) in [6, 6.07) is 4.64. The molecule has 1 aromatic rings. The van der Waals surface area contributed by atoms with Crippen molar-refractivity contribution in [2.24, 2.45) is 5.73 Å². The van der Waals surface area contributed by atoms with E-state index in [1.165, 1.54) is 18.2 Å². The summed E-state index contributed by atoms with van der Waals surface area (Å²) in [7, 11) is -4.00. The number of morpholine rings is 1. The number of sulfonamides is 1. The predicted molar refractivity (Wildman–Crippen MR) is 73.9 cm³/mol. The molecule has 1 aliphatic rings. The first-order chi connectivity index (χ1) is 9.87. The number of carbonyl (C=O) groups excluding carboxylic acids is 1. The molecule has 1 heterocycles. The van der Waals surface area contributed by atoms with Gasteiger partial charge in [-0.15, -0.1) is 0 Å². The molecule has 2 rings (SSSR count). The molecule has 0 aromatic heterocycles. The molecule has 1 aliphatic heterocycles. The van der Waals surface area contributed by atoms with Crippen molar-refractivity contribution in [3.8, 4) is 6.07 Å². The third kappa shape index (κ3) is 3.01. The van der Waals surface area contributed by atoms with Crippen LogP contribution < -0.4 is 5.73 Å². The number of amides is 1. The monoisotopic (exact) mass is 329 g/mol. The van der Waals surface area contributed by atoms with Crippen molar-refractivity contribution in [2.75, 3.05) is 19.8 Å². The van der Waals surface area contributed by atoms with Gasteiger partial charge in [-0.3, -0.25) is 4.79 Å². The molecule has 7 nitrogen and oxygen atoms in total. The first-order valence-electron chi connectivity index (χ1n) is 5.96. The van der Waals surface area contributed by atoms with E-state index in [2.05, 4.69) is 0 Å². The Morgan fingerprint density at radius 3 is 2.81 bits per heavy atom. The molecule has 1 amide bonds. The number of hydrogen-bond donors (Lipinski definition) is 1. The Morgan fingerprint density at radius 2 is 2.24 bits per heavy atom. The van der Waals surface area contributed by atoms with E-state index in [9.17, 15) is 13.2 Å². The fraction of sp³-hybridized carbons (Fsp3) is 0.333. The van der Waals surface area contributed by atoms with E-state index in [1.807, 2.05) is 6.07 Å². The number of nitriles is 1. The van der Waals surface area contributed by atoms with Crippen molar-refractivity contribution < 1.29 is 17.9 Å². The predicted octanol–water partition coefficient (Wildman–Crippen LogP) is 0.0865. The highest BCUT2D eigenvalue weighted by molar-refractivity contribution is 7.89. The van der Waals surface area contributed by atoms with Crippen molar-refractivity contribution in [1.29, 1.82) is 5.26 Å². The fourth-order valence-corrected chi connectivity index (χ4v) is 4.09. The number of carbonyl (C=O) groups is 1. The van der Waals surface area contributed by atoms with Gasteiger partial charge in [0.1, 0.15) is 10.9 Å². The SMILES string of the molecule is N#Cc1ccc(S(=O)(=O)N2CCOCC2C(N)=O)c(Cl)c1. The van der Waals surface area contributed by atoms with Crippen LogP contribution in [0.3, 0.4) is 0 Å². The zero-order valence-electron chi connectivity index (χ0n) is 10.8. The molecule has 1 aromatic carbocycles. The second-order valence-electron chi connectivity index (χ2n) is 4.37. The van der Waals surface area contributed by atoms with Crippen LogP contribution >= 0.6 is 11.6 Å². The summed E-state index contributed by atoms with van der Waals surface area (Å²) in [6.07, 6.45) is 0. The molecule has 21 heavy (non-hydrogen) atoms. The van der Waals surface area contributed by atoms with Crippen LogP contribution in [0.5, 0.6) is 0 Å². The number of hydrogen-bond acceptors (Lipinski definition) is 5. The Labute approximate surface area is 126 Å². The van der Waals surface area contributed by atoms with E-state index in [0.717, 1.165) is 4.31 Å². The van der Waals surface area contributed by atoms with Crippen molar-refractivity contribution >= 4 is 27.5 Å². The van der Waals surface area contributed by atoms with Gasteiger partial charge in [0.25, 0.3) is 0 Å². The van der Waals surface area contributed by atoms with Crippen LogP contribution in [0.25, 0.3) is 0 Å². The minimum absolute atomic E-state index is 0.00622. The van der Waals surface area contributed by atoms with Crippen LogP contribution in [0.15, 0.2) is 23.1 Å². The second kappa shape index (κ2) is 5.99. The molecule has 0 saturated carbocycles. The van der Waals surface area contributed by atoms with Gasteiger partial charge in [-0.2, -0.15) is 9.57 Å².